The van der Waals surface area contributed by atoms with Crippen LogP contribution in [0.2, 0.25) is 0 Å². The van der Waals surface area contributed by atoms with E-state index in [4.69, 9.17) is 0 Å². The first-order valence-corrected chi connectivity index (χ1v) is 8.85. The second kappa shape index (κ2) is 8.40. The molecular formula is C21H23N5O. The zero-order valence-electron chi connectivity index (χ0n) is 15.8. The first-order chi connectivity index (χ1) is 13.0. The van der Waals surface area contributed by atoms with Gasteiger partial charge in [-0.3, -0.25) is 9.78 Å². The van der Waals surface area contributed by atoms with Crippen molar-refractivity contribution in [2.75, 3.05) is 23.8 Å². The molecule has 3 rings (SSSR count). The Morgan fingerprint density at radius 2 is 1.89 bits per heavy atom. The molecule has 0 fully saturated rings. The maximum atomic E-state index is 11.6. The number of pyridine rings is 1. The number of nitrogens with zero attached hydrogens (tertiary/aromatic N) is 4. The lowest BCUT2D eigenvalue weighted by atomic mass is 10.1. The van der Waals surface area contributed by atoms with E-state index in [-0.39, 0.29) is 5.78 Å². The molecule has 27 heavy (non-hydrogen) atoms. The van der Waals surface area contributed by atoms with E-state index in [9.17, 15) is 4.79 Å². The van der Waals surface area contributed by atoms with Crippen LogP contribution in [0.4, 0.5) is 17.5 Å². The quantitative estimate of drug-likeness (QED) is 0.645. The summed E-state index contributed by atoms with van der Waals surface area (Å²) in [6, 6.07) is 13.3. The minimum atomic E-state index is 0.0281. The predicted molar refractivity (Wildman–Crippen MR) is 108 cm³/mol. The molecule has 0 aliphatic rings. The van der Waals surface area contributed by atoms with Crippen molar-refractivity contribution in [1.82, 2.24) is 15.0 Å². The second-order valence-electron chi connectivity index (χ2n) is 6.48. The van der Waals surface area contributed by atoms with Gasteiger partial charge in [0, 0.05) is 49.0 Å². The third kappa shape index (κ3) is 5.10. The Labute approximate surface area is 159 Å². The van der Waals surface area contributed by atoms with E-state index in [0.717, 1.165) is 30.2 Å². The van der Waals surface area contributed by atoms with Gasteiger partial charge in [-0.05, 0) is 50.1 Å². The summed E-state index contributed by atoms with van der Waals surface area (Å²) in [5.74, 6) is 1.39. The molecule has 138 valence electrons. The average molecular weight is 361 g/mol. The maximum Gasteiger partial charge on any atom is 0.229 e. The summed E-state index contributed by atoms with van der Waals surface area (Å²) in [5.41, 5.74) is 3.56. The summed E-state index contributed by atoms with van der Waals surface area (Å²) in [4.78, 5) is 26.8. The highest BCUT2D eigenvalue weighted by atomic mass is 16.1. The Balaban J connectivity index is 1.73. The number of nitrogens with one attached hydrogen (secondary N) is 1. The van der Waals surface area contributed by atoms with E-state index < -0.39 is 0 Å². The molecule has 0 saturated heterocycles. The van der Waals surface area contributed by atoms with Crippen molar-refractivity contribution in [1.29, 1.82) is 0 Å². The van der Waals surface area contributed by atoms with E-state index in [1.165, 1.54) is 5.56 Å². The van der Waals surface area contributed by atoms with Gasteiger partial charge in [0.1, 0.15) is 5.82 Å². The van der Waals surface area contributed by atoms with Crippen LogP contribution in [0.5, 0.6) is 0 Å². The Bertz CT molecular complexity index is 927. The number of Topliss-reactive ketones (excluding diaryl/α,β-unsaturated/α-hetero) is 1. The molecule has 0 spiro atoms. The lowest BCUT2D eigenvalue weighted by molar-refractivity contribution is 0.101. The topological polar surface area (TPSA) is 71.0 Å². The van der Waals surface area contributed by atoms with Crippen molar-refractivity contribution in [3.8, 4) is 0 Å². The van der Waals surface area contributed by atoms with Crippen LogP contribution < -0.4 is 10.2 Å². The molecule has 0 bridgehead atoms. The summed E-state index contributed by atoms with van der Waals surface area (Å²) in [6.45, 7) is 4.33. The number of aromatic nitrogens is 3. The second-order valence-corrected chi connectivity index (χ2v) is 6.48. The lowest BCUT2D eigenvalue weighted by Gasteiger charge is -2.19. The normalized spacial score (nSPS) is 10.5. The van der Waals surface area contributed by atoms with Crippen molar-refractivity contribution in [2.24, 2.45) is 0 Å². The highest BCUT2D eigenvalue weighted by molar-refractivity contribution is 5.95. The highest BCUT2D eigenvalue weighted by Crippen LogP contribution is 2.19. The minimum Gasteiger partial charge on any atom is -0.359 e. The Morgan fingerprint density at radius 1 is 1.11 bits per heavy atom. The first-order valence-electron chi connectivity index (χ1n) is 8.85. The molecule has 0 amide bonds. The number of anilines is 3. The molecule has 0 unspecified atom stereocenters. The summed E-state index contributed by atoms with van der Waals surface area (Å²) < 4.78 is 0. The Hall–Kier alpha value is -3.28. The molecule has 1 N–H and O–H groups in total. The van der Waals surface area contributed by atoms with Gasteiger partial charge in [0.15, 0.2) is 5.78 Å². The fourth-order valence-electron chi connectivity index (χ4n) is 2.71. The third-order valence-corrected chi connectivity index (χ3v) is 4.24. The van der Waals surface area contributed by atoms with Crippen molar-refractivity contribution >= 4 is 23.2 Å². The van der Waals surface area contributed by atoms with Gasteiger partial charge in [-0.1, -0.05) is 12.1 Å². The lowest BCUT2D eigenvalue weighted by Crippen LogP contribution is -2.22. The molecule has 6 heteroatoms. The summed E-state index contributed by atoms with van der Waals surface area (Å²) in [6.07, 6.45) is 4.52. The van der Waals surface area contributed by atoms with Crippen molar-refractivity contribution in [2.45, 2.75) is 20.3 Å². The molecule has 2 heterocycles. The maximum absolute atomic E-state index is 11.6. The zero-order valence-corrected chi connectivity index (χ0v) is 15.8. The monoisotopic (exact) mass is 361 g/mol. The smallest absolute Gasteiger partial charge is 0.229 e. The van der Waals surface area contributed by atoms with Gasteiger partial charge in [0.05, 0.1) is 0 Å². The highest BCUT2D eigenvalue weighted by Gasteiger charge is 2.08. The number of aryl methyl sites for hydroxylation is 1. The van der Waals surface area contributed by atoms with E-state index >= 15 is 0 Å². The number of carbonyl (C=O) groups excluding carboxylic acids is 1. The van der Waals surface area contributed by atoms with Crippen molar-refractivity contribution in [3.05, 3.63) is 71.7 Å². The fraction of sp³-hybridized carbons (Fsp3) is 0.238. The molecule has 3 aromatic rings. The number of hydrogen-bond donors (Lipinski definition) is 1. The van der Waals surface area contributed by atoms with E-state index in [2.05, 4.69) is 25.2 Å². The van der Waals surface area contributed by atoms with E-state index in [1.54, 1.807) is 31.5 Å². The van der Waals surface area contributed by atoms with Crippen LogP contribution in [0.3, 0.4) is 0 Å². The van der Waals surface area contributed by atoms with Crippen LogP contribution in [0, 0.1) is 6.92 Å². The van der Waals surface area contributed by atoms with Crippen LogP contribution in [0.25, 0.3) is 0 Å². The van der Waals surface area contributed by atoms with Gasteiger partial charge in [0.25, 0.3) is 0 Å². The van der Waals surface area contributed by atoms with Crippen LogP contribution in [0.15, 0.2) is 54.9 Å². The number of benzene rings is 1. The number of carbonyl (C=O) groups is 1. The zero-order chi connectivity index (χ0) is 19.2. The molecule has 0 atom stereocenters. The van der Waals surface area contributed by atoms with Crippen LogP contribution >= 0.6 is 0 Å². The van der Waals surface area contributed by atoms with Crippen molar-refractivity contribution < 1.29 is 4.79 Å². The minimum absolute atomic E-state index is 0.0281. The first kappa shape index (κ1) is 18.5. The molecule has 0 aliphatic carbocycles. The molecule has 6 nitrogen and oxygen atoms in total. The molecule has 0 saturated carbocycles. The predicted octanol–water partition coefficient (Wildman–Crippen LogP) is 3.81. The number of rotatable bonds is 7. The molecule has 1 aromatic carbocycles. The molecular weight excluding hydrogens is 338 g/mol. The number of ketones is 1. The Morgan fingerprint density at radius 3 is 2.63 bits per heavy atom. The van der Waals surface area contributed by atoms with Gasteiger partial charge in [-0.2, -0.15) is 4.98 Å². The van der Waals surface area contributed by atoms with E-state index in [0.29, 0.717) is 11.5 Å². The van der Waals surface area contributed by atoms with Crippen molar-refractivity contribution in [3.63, 3.8) is 0 Å². The molecule has 0 radical (unpaired) electrons. The standard InChI is InChI=1S/C21H23N5O/c1-15-13-20(26(3)12-9-17-7-10-22-11-8-17)25-21(23-15)24-19-6-4-5-18(14-19)16(2)27/h4-8,10-11,13-14H,9,12H2,1-3H3,(H,23,24,25). The van der Waals surface area contributed by atoms with Gasteiger partial charge in [-0.25, -0.2) is 4.98 Å². The van der Waals surface area contributed by atoms with Gasteiger partial charge < -0.3 is 10.2 Å². The Kier molecular flexibility index (Phi) is 5.76. The molecule has 2 aromatic heterocycles. The van der Waals surface area contributed by atoms with Gasteiger partial charge in [-0.15, -0.1) is 0 Å². The number of likely N-dealkylation sites (N-methyl/N-ethyl adjacent to an activating group) is 1. The van der Waals surface area contributed by atoms with E-state index in [1.807, 2.05) is 44.3 Å². The summed E-state index contributed by atoms with van der Waals surface area (Å²) in [7, 11) is 2.02. The fourth-order valence-corrected chi connectivity index (χ4v) is 2.71. The van der Waals surface area contributed by atoms with Gasteiger partial charge in [0.2, 0.25) is 5.95 Å². The molecule has 0 aliphatic heterocycles. The number of hydrogen-bond acceptors (Lipinski definition) is 6. The SMILES string of the molecule is CC(=O)c1cccc(Nc2nc(C)cc(N(C)CCc3ccncc3)n2)c1. The van der Waals surface area contributed by atoms with Crippen LogP contribution in [-0.4, -0.2) is 34.3 Å². The van der Waals surface area contributed by atoms with Gasteiger partial charge >= 0.3 is 0 Å². The summed E-state index contributed by atoms with van der Waals surface area (Å²) in [5, 5.41) is 3.20. The largest absolute Gasteiger partial charge is 0.359 e. The van der Waals surface area contributed by atoms with Crippen LogP contribution in [0.1, 0.15) is 28.5 Å². The van der Waals surface area contributed by atoms with Crippen LogP contribution in [-0.2, 0) is 6.42 Å². The average Bonchev–Trinajstić information content (AvgIpc) is 2.66. The third-order valence-electron chi connectivity index (χ3n) is 4.24. The summed E-state index contributed by atoms with van der Waals surface area (Å²) >= 11 is 0.